The van der Waals surface area contributed by atoms with Crippen LogP contribution < -0.4 is 0 Å². The standard InChI is InChI=1S/C26H36Si2/c1-7-19-27(20-8-2,21-9-3)25-15-13-14-16-26(18-17-25)28(22-10-4,23-11-5)24-12-6/h7-18H,1-6,19-24H2/b14-13?,15-13-,16-14-,18-17?,25-15?,25-17+,26-16?,26-18+. The highest BCUT2D eigenvalue weighted by Gasteiger charge is 2.34. The predicted octanol–water partition coefficient (Wildman–Crippen LogP) is 8.06. The van der Waals surface area contributed by atoms with E-state index in [0.29, 0.717) is 0 Å². The van der Waals surface area contributed by atoms with Crippen LogP contribution in [0.5, 0.6) is 0 Å². The van der Waals surface area contributed by atoms with Crippen LogP contribution in [0.3, 0.4) is 0 Å². The molecule has 0 saturated carbocycles. The van der Waals surface area contributed by atoms with Crippen LogP contribution in [-0.4, -0.2) is 16.1 Å². The molecule has 0 aromatic rings. The molecule has 0 unspecified atom stereocenters. The molecule has 0 N–H and O–H groups in total. The molecule has 0 radical (unpaired) electrons. The third kappa shape index (κ3) is 5.92. The van der Waals surface area contributed by atoms with Gasteiger partial charge >= 0.3 is 0 Å². The molecule has 0 fully saturated rings. The first-order valence-corrected chi connectivity index (χ1v) is 15.3. The Balaban J connectivity index is 3.56. The van der Waals surface area contributed by atoms with E-state index in [2.05, 4.69) is 112 Å². The summed E-state index contributed by atoms with van der Waals surface area (Å²) >= 11 is 0. The Hall–Kier alpha value is -2.17. The Labute approximate surface area is 175 Å². The van der Waals surface area contributed by atoms with E-state index >= 15 is 0 Å². The van der Waals surface area contributed by atoms with Gasteiger partial charge in [-0.25, -0.2) is 0 Å². The summed E-state index contributed by atoms with van der Waals surface area (Å²) in [6.45, 7) is 24.2. The Morgan fingerprint density at radius 3 is 0.964 bits per heavy atom. The van der Waals surface area contributed by atoms with Crippen molar-refractivity contribution in [2.24, 2.45) is 0 Å². The first kappa shape index (κ1) is 23.9. The molecule has 0 aliphatic heterocycles. The van der Waals surface area contributed by atoms with Crippen LogP contribution in [0, 0.1) is 0 Å². The highest BCUT2D eigenvalue weighted by atomic mass is 28.3. The van der Waals surface area contributed by atoms with Crippen molar-refractivity contribution < 1.29 is 0 Å². The van der Waals surface area contributed by atoms with Crippen LogP contribution in [-0.2, 0) is 0 Å². The summed E-state index contributed by atoms with van der Waals surface area (Å²) in [7, 11) is -3.59. The molecule has 28 heavy (non-hydrogen) atoms. The van der Waals surface area contributed by atoms with Crippen molar-refractivity contribution in [3.63, 3.8) is 0 Å². The molecule has 0 spiro atoms. The Morgan fingerprint density at radius 1 is 0.500 bits per heavy atom. The van der Waals surface area contributed by atoms with Crippen LogP contribution in [0.1, 0.15) is 0 Å². The summed E-state index contributed by atoms with van der Waals surface area (Å²) in [5, 5.41) is 2.88. The molecule has 0 amide bonds. The van der Waals surface area contributed by atoms with Gasteiger partial charge in [0.2, 0.25) is 0 Å². The SMILES string of the molecule is C=CC[Si](CC=C)(CC=C)C1=C/C=C([Si](CC=C)(CC=C)CC=C)\C=C/C=C\1. The molecule has 0 aromatic heterocycles. The Bertz CT molecular complexity index is 598. The summed E-state index contributed by atoms with van der Waals surface area (Å²) in [5.74, 6) is 0. The van der Waals surface area contributed by atoms with Gasteiger partial charge in [-0.05, 0) is 36.3 Å². The molecule has 0 nitrogen and oxygen atoms in total. The zero-order chi connectivity index (χ0) is 20.9. The molecule has 1 aliphatic carbocycles. The summed E-state index contributed by atoms with van der Waals surface area (Å²) in [6, 6.07) is 6.18. The monoisotopic (exact) mass is 404 g/mol. The lowest BCUT2D eigenvalue weighted by atomic mass is 10.3. The summed E-state index contributed by atoms with van der Waals surface area (Å²) in [5.41, 5.74) is 0. The van der Waals surface area contributed by atoms with Crippen LogP contribution >= 0.6 is 0 Å². The van der Waals surface area contributed by atoms with Gasteiger partial charge in [0.15, 0.2) is 0 Å². The number of rotatable bonds is 14. The summed E-state index contributed by atoms with van der Waals surface area (Å²) < 4.78 is 0. The van der Waals surface area contributed by atoms with Gasteiger partial charge < -0.3 is 0 Å². The first-order valence-electron chi connectivity index (χ1n) is 10.0. The lowest BCUT2D eigenvalue weighted by molar-refractivity contribution is 1.34. The minimum absolute atomic E-state index is 1.03. The molecule has 0 heterocycles. The van der Waals surface area contributed by atoms with Crippen LogP contribution in [0.4, 0.5) is 0 Å². The zero-order valence-corrected chi connectivity index (χ0v) is 19.4. The van der Waals surface area contributed by atoms with E-state index in [1.807, 2.05) is 0 Å². The number of hydrogen-bond acceptors (Lipinski definition) is 0. The molecule has 0 aromatic carbocycles. The van der Waals surface area contributed by atoms with Crippen molar-refractivity contribution in [2.45, 2.75) is 36.3 Å². The second-order valence-electron chi connectivity index (χ2n) is 7.48. The quantitative estimate of drug-likeness (QED) is 0.203. The summed E-state index contributed by atoms with van der Waals surface area (Å²) in [6.07, 6.45) is 26.1. The molecule has 0 saturated heterocycles. The van der Waals surface area contributed by atoms with Gasteiger partial charge in [-0.2, -0.15) is 0 Å². The van der Waals surface area contributed by atoms with E-state index in [1.165, 1.54) is 10.4 Å². The minimum Gasteiger partial charge on any atom is -0.103 e. The minimum atomic E-state index is -1.80. The molecule has 148 valence electrons. The van der Waals surface area contributed by atoms with E-state index in [9.17, 15) is 0 Å². The van der Waals surface area contributed by atoms with E-state index in [4.69, 9.17) is 0 Å². The average Bonchev–Trinajstić information content (AvgIpc) is 2.62. The van der Waals surface area contributed by atoms with Gasteiger partial charge in [-0.3, -0.25) is 0 Å². The highest BCUT2D eigenvalue weighted by molar-refractivity contribution is 6.89. The predicted molar refractivity (Wildman–Crippen MR) is 136 cm³/mol. The van der Waals surface area contributed by atoms with Gasteiger partial charge in [0.05, 0.1) is 16.1 Å². The normalized spacial score (nSPS) is 20.1. The zero-order valence-electron chi connectivity index (χ0n) is 17.4. The van der Waals surface area contributed by atoms with Crippen molar-refractivity contribution in [1.29, 1.82) is 0 Å². The summed E-state index contributed by atoms with van der Waals surface area (Å²) in [4.78, 5) is 0. The molecule has 0 atom stereocenters. The van der Waals surface area contributed by atoms with Crippen molar-refractivity contribution in [3.05, 3.63) is 123 Å². The van der Waals surface area contributed by atoms with E-state index in [0.717, 1.165) is 36.3 Å². The third-order valence-electron chi connectivity index (χ3n) is 5.54. The average molecular weight is 405 g/mol. The molecular weight excluding hydrogens is 368 g/mol. The second kappa shape index (κ2) is 12.3. The first-order chi connectivity index (χ1) is 13.6. The van der Waals surface area contributed by atoms with Gasteiger partial charge in [0.1, 0.15) is 0 Å². The number of allylic oxidation sites excluding steroid dienone is 14. The van der Waals surface area contributed by atoms with Crippen LogP contribution in [0.2, 0.25) is 36.3 Å². The fourth-order valence-electron chi connectivity index (χ4n) is 4.18. The largest absolute Gasteiger partial charge is 0.103 e. The van der Waals surface area contributed by atoms with Gasteiger partial charge in [0, 0.05) is 0 Å². The topological polar surface area (TPSA) is 0 Å². The third-order valence-corrected chi connectivity index (χ3v) is 15.1. The van der Waals surface area contributed by atoms with Crippen LogP contribution in [0.25, 0.3) is 0 Å². The fourth-order valence-corrected chi connectivity index (χ4v) is 11.7. The maximum Gasteiger partial charge on any atom is 0.0977 e. The smallest absolute Gasteiger partial charge is 0.0977 e. The van der Waals surface area contributed by atoms with Gasteiger partial charge in [-0.1, -0.05) is 83.3 Å². The molecule has 2 heteroatoms. The molecular formula is C26H36Si2. The Morgan fingerprint density at radius 2 is 0.750 bits per heavy atom. The Kier molecular flexibility index (Phi) is 10.5. The maximum absolute atomic E-state index is 4.03. The van der Waals surface area contributed by atoms with Crippen molar-refractivity contribution >= 4 is 16.1 Å². The van der Waals surface area contributed by atoms with Crippen molar-refractivity contribution in [3.8, 4) is 0 Å². The fraction of sp³-hybridized carbons (Fsp3) is 0.231. The van der Waals surface area contributed by atoms with Gasteiger partial charge in [0.25, 0.3) is 0 Å². The lowest BCUT2D eigenvalue weighted by Gasteiger charge is -2.32. The molecule has 1 aliphatic rings. The molecule has 0 bridgehead atoms. The van der Waals surface area contributed by atoms with Crippen molar-refractivity contribution in [1.82, 2.24) is 0 Å². The highest BCUT2D eigenvalue weighted by Crippen LogP contribution is 2.35. The van der Waals surface area contributed by atoms with E-state index in [1.54, 1.807) is 0 Å². The lowest BCUT2D eigenvalue weighted by Crippen LogP contribution is -2.36. The van der Waals surface area contributed by atoms with Crippen molar-refractivity contribution in [2.75, 3.05) is 0 Å². The molecule has 1 rings (SSSR count). The number of hydrogen-bond donors (Lipinski definition) is 0. The maximum atomic E-state index is 4.03. The van der Waals surface area contributed by atoms with E-state index < -0.39 is 16.1 Å². The van der Waals surface area contributed by atoms with E-state index in [-0.39, 0.29) is 0 Å². The second-order valence-corrected chi connectivity index (χ2v) is 16.2. The van der Waals surface area contributed by atoms with Crippen LogP contribution in [0.15, 0.2) is 123 Å². The van der Waals surface area contributed by atoms with Gasteiger partial charge in [-0.15, -0.1) is 39.5 Å².